The number of aryl methyl sites for hydroxylation is 1. The van der Waals surface area contributed by atoms with E-state index in [9.17, 15) is 9.59 Å². The fourth-order valence-electron chi connectivity index (χ4n) is 3.09. The highest BCUT2D eigenvalue weighted by atomic mass is 32.1. The highest BCUT2D eigenvalue weighted by molar-refractivity contribution is 7.14. The van der Waals surface area contributed by atoms with Gasteiger partial charge < -0.3 is 9.88 Å². The lowest BCUT2D eigenvalue weighted by Gasteiger charge is -2.09. The molecule has 0 aliphatic rings. The molecule has 4 aromatic rings. The van der Waals surface area contributed by atoms with Gasteiger partial charge in [0.15, 0.2) is 10.6 Å². The lowest BCUT2D eigenvalue weighted by molar-refractivity contribution is -0.116. The molecule has 28 heavy (non-hydrogen) atoms. The van der Waals surface area contributed by atoms with Crippen LogP contribution in [0.3, 0.4) is 0 Å². The van der Waals surface area contributed by atoms with Crippen LogP contribution < -0.4 is 10.7 Å². The molecule has 0 aliphatic heterocycles. The molecule has 4 rings (SSSR count). The Morgan fingerprint density at radius 2 is 1.89 bits per heavy atom. The smallest absolute Gasteiger partial charge is 0.246 e. The largest absolute Gasteiger partial charge is 0.338 e. The molecule has 0 unspecified atom stereocenters. The molecular formula is C22H19N3O2S. The summed E-state index contributed by atoms with van der Waals surface area (Å²) in [6, 6.07) is 17.0. The number of benzene rings is 2. The second kappa shape index (κ2) is 7.78. The van der Waals surface area contributed by atoms with Gasteiger partial charge >= 0.3 is 0 Å². The Balaban J connectivity index is 1.50. The maximum absolute atomic E-state index is 12.5. The summed E-state index contributed by atoms with van der Waals surface area (Å²) in [5.74, 6) is -0.184. The topological polar surface area (TPSA) is 64.0 Å². The first-order chi connectivity index (χ1) is 13.6. The number of hydrogen-bond donors (Lipinski definition) is 1. The molecule has 0 saturated heterocycles. The molecule has 2 aromatic carbocycles. The molecule has 0 spiro atoms. The van der Waals surface area contributed by atoms with E-state index in [1.807, 2.05) is 35.7 Å². The first kappa shape index (κ1) is 18.1. The van der Waals surface area contributed by atoms with Crippen LogP contribution in [-0.4, -0.2) is 15.5 Å². The van der Waals surface area contributed by atoms with E-state index in [0.717, 1.165) is 23.2 Å². The van der Waals surface area contributed by atoms with Gasteiger partial charge in [-0.15, -0.1) is 11.3 Å². The Kier molecular flexibility index (Phi) is 5.04. The van der Waals surface area contributed by atoms with Crippen molar-refractivity contribution >= 4 is 33.3 Å². The Hall–Kier alpha value is -3.25. The van der Waals surface area contributed by atoms with Gasteiger partial charge in [-0.25, -0.2) is 4.98 Å². The number of fused-ring (bicyclic) bond motifs is 1. The van der Waals surface area contributed by atoms with Crippen molar-refractivity contribution in [2.45, 2.75) is 19.9 Å². The predicted octanol–water partition coefficient (Wildman–Crippen LogP) is 4.33. The number of anilines is 1. The maximum atomic E-state index is 12.5. The van der Waals surface area contributed by atoms with Gasteiger partial charge in [0.1, 0.15) is 6.54 Å². The highest BCUT2D eigenvalue weighted by Crippen LogP contribution is 2.25. The van der Waals surface area contributed by atoms with Crippen LogP contribution in [0.5, 0.6) is 0 Å². The number of aromatic nitrogens is 2. The average Bonchev–Trinajstić information content (AvgIpc) is 3.19. The van der Waals surface area contributed by atoms with Gasteiger partial charge in [-0.3, -0.25) is 9.59 Å². The van der Waals surface area contributed by atoms with Crippen LogP contribution in [-0.2, 0) is 17.8 Å². The van der Waals surface area contributed by atoms with Crippen LogP contribution in [0.1, 0.15) is 12.5 Å². The second-order valence-electron chi connectivity index (χ2n) is 6.46. The molecule has 1 amide bonds. The molecule has 5 nitrogen and oxygen atoms in total. The number of nitrogens with one attached hydrogen (secondary N) is 1. The van der Waals surface area contributed by atoms with Gasteiger partial charge in [0, 0.05) is 28.6 Å². The van der Waals surface area contributed by atoms with Crippen molar-refractivity contribution < 1.29 is 4.79 Å². The standard InChI is InChI=1S/C22H19N3O2S/c1-2-15-7-9-16(10-8-15)18-14-28-22(23-18)24-21(27)13-25-12-11-20(26)17-5-3-4-6-19(17)25/h3-12,14H,2,13H2,1H3,(H,23,24,27). The number of amides is 1. The second-order valence-corrected chi connectivity index (χ2v) is 7.32. The molecule has 0 atom stereocenters. The lowest BCUT2D eigenvalue weighted by Crippen LogP contribution is -2.20. The minimum Gasteiger partial charge on any atom is -0.338 e. The van der Waals surface area contributed by atoms with E-state index < -0.39 is 0 Å². The van der Waals surface area contributed by atoms with Crippen LogP contribution in [0.2, 0.25) is 0 Å². The van der Waals surface area contributed by atoms with Gasteiger partial charge in [0.2, 0.25) is 5.91 Å². The van der Waals surface area contributed by atoms with Crippen LogP contribution >= 0.6 is 11.3 Å². The monoisotopic (exact) mass is 389 g/mol. The molecule has 0 aliphatic carbocycles. The summed E-state index contributed by atoms with van der Waals surface area (Å²) in [6.45, 7) is 2.23. The SMILES string of the molecule is CCc1ccc(-c2csc(NC(=O)Cn3ccc(=O)c4ccccc43)n2)cc1. The summed E-state index contributed by atoms with van der Waals surface area (Å²) >= 11 is 1.40. The van der Waals surface area contributed by atoms with E-state index in [1.165, 1.54) is 23.0 Å². The predicted molar refractivity (Wildman–Crippen MR) is 114 cm³/mol. The van der Waals surface area contributed by atoms with E-state index in [0.29, 0.717) is 10.5 Å². The number of thiazole rings is 1. The van der Waals surface area contributed by atoms with E-state index in [1.54, 1.807) is 16.8 Å². The average molecular weight is 389 g/mol. The van der Waals surface area contributed by atoms with Crippen LogP contribution in [0.25, 0.3) is 22.2 Å². The first-order valence-corrected chi connectivity index (χ1v) is 9.95. The molecule has 2 aromatic heterocycles. The van der Waals surface area contributed by atoms with Gasteiger partial charge in [0.25, 0.3) is 0 Å². The van der Waals surface area contributed by atoms with Crippen LogP contribution in [0.4, 0.5) is 5.13 Å². The normalized spacial score (nSPS) is 10.9. The van der Waals surface area contributed by atoms with Gasteiger partial charge in [-0.1, -0.05) is 43.3 Å². The Bertz CT molecular complexity index is 1190. The molecule has 0 radical (unpaired) electrons. The number of pyridine rings is 1. The molecule has 0 fully saturated rings. The number of nitrogens with zero attached hydrogens (tertiary/aromatic N) is 2. The summed E-state index contributed by atoms with van der Waals surface area (Å²) in [5, 5.41) is 5.95. The zero-order chi connectivity index (χ0) is 19.5. The summed E-state index contributed by atoms with van der Waals surface area (Å²) < 4.78 is 1.77. The Labute approximate surface area is 166 Å². The third-order valence-electron chi connectivity index (χ3n) is 4.61. The molecule has 140 valence electrons. The van der Waals surface area contributed by atoms with Gasteiger partial charge in [-0.05, 0) is 24.1 Å². The summed E-state index contributed by atoms with van der Waals surface area (Å²) in [5.41, 5.74) is 3.84. The highest BCUT2D eigenvalue weighted by Gasteiger charge is 2.10. The first-order valence-electron chi connectivity index (χ1n) is 9.07. The van der Waals surface area contributed by atoms with E-state index in [-0.39, 0.29) is 17.9 Å². The van der Waals surface area contributed by atoms with Gasteiger partial charge in [0.05, 0.1) is 11.2 Å². The minimum atomic E-state index is -0.184. The number of rotatable bonds is 5. The van der Waals surface area contributed by atoms with Crippen molar-refractivity contribution in [2.75, 3.05) is 5.32 Å². The molecule has 6 heteroatoms. The van der Waals surface area contributed by atoms with Crippen molar-refractivity contribution in [1.82, 2.24) is 9.55 Å². The fourth-order valence-corrected chi connectivity index (χ4v) is 3.82. The number of para-hydroxylation sites is 1. The van der Waals surface area contributed by atoms with Crippen molar-refractivity contribution in [3.8, 4) is 11.3 Å². The van der Waals surface area contributed by atoms with Crippen LogP contribution in [0.15, 0.2) is 71.0 Å². The third-order valence-corrected chi connectivity index (χ3v) is 5.36. The van der Waals surface area contributed by atoms with E-state index >= 15 is 0 Å². The fraction of sp³-hybridized carbons (Fsp3) is 0.136. The lowest BCUT2D eigenvalue weighted by atomic mass is 10.1. The summed E-state index contributed by atoms with van der Waals surface area (Å²) in [4.78, 5) is 29.0. The van der Waals surface area contributed by atoms with E-state index in [4.69, 9.17) is 0 Å². The maximum Gasteiger partial charge on any atom is 0.246 e. The van der Waals surface area contributed by atoms with E-state index in [2.05, 4.69) is 29.4 Å². The third kappa shape index (κ3) is 3.73. The minimum absolute atomic E-state index is 0.0501. The van der Waals surface area contributed by atoms with Gasteiger partial charge in [-0.2, -0.15) is 0 Å². The zero-order valence-corrected chi connectivity index (χ0v) is 16.2. The summed E-state index contributed by atoms with van der Waals surface area (Å²) in [7, 11) is 0. The van der Waals surface area contributed by atoms with Crippen LogP contribution in [0, 0.1) is 0 Å². The molecule has 0 saturated carbocycles. The number of carbonyl (C=O) groups excluding carboxylic acids is 1. The summed E-state index contributed by atoms with van der Waals surface area (Å²) in [6.07, 6.45) is 2.64. The van der Waals surface area contributed by atoms with Crippen molar-refractivity contribution in [1.29, 1.82) is 0 Å². The molecule has 1 N–H and O–H groups in total. The van der Waals surface area contributed by atoms with Crippen molar-refractivity contribution in [3.63, 3.8) is 0 Å². The number of hydrogen-bond acceptors (Lipinski definition) is 4. The molecule has 2 heterocycles. The Morgan fingerprint density at radius 3 is 2.68 bits per heavy atom. The zero-order valence-electron chi connectivity index (χ0n) is 15.4. The van der Waals surface area contributed by atoms with Crippen molar-refractivity contribution in [2.24, 2.45) is 0 Å². The Morgan fingerprint density at radius 1 is 1.11 bits per heavy atom. The van der Waals surface area contributed by atoms with Crippen molar-refractivity contribution in [3.05, 3.63) is 82.0 Å². The molecular weight excluding hydrogens is 370 g/mol. The number of carbonyl (C=O) groups is 1. The molecule has 0 bridgehead atoms. The quantitative estimate of drug-likeness (QED) is 0.553.